The Hall–Kier alpha value is -0.240. The van der Waals surface area contributed by atoms with Crippen molar-refractivity contribution in [2.24, 2.45) is 5.92 Å². The molecule has 0 aromatic carbocycles. The van der Waals surface area contributed by atoms with Crippen LogP contribution in [-0.2, 0) is 4.79 Å². The van der Waals surface area contributed by atoms with Crippen LogP contribution in [-0.4, -0.2) is 16.0 Å². The molecule has 0 amide bonds. The molecule has 0 spiro atoms. The molecular weight excluding hydrogens is 188 g/mol. The number of halogens is 1. The summed E-state index contributed by atoms with van der Waals surface area (Å²) in [6, 6.07) is 0. The smallest absolute Gasteiger partial charge is 0.324 e. The second kappa shape index (κ2) is 4.32. The molecule has 0 bridgehead atoms. The predicted octanol–water partition coefficient (Wildman–Crippen LogP) is 3.04. The third-order valence-electron chi connectivity index (χ3n) is 2.82. The van der Waals surface area contributed by atoms with Crippen molar-refractivity contribution in [3.63, 3.8) is 0 Å². The Morgan fingerprint density at radius 1 is 1.54 bits per heavy atom. The lowest BCUT2D eigenvalue weighted by Gasteiger charge is -2.39. The Bertz CT molecular complexity index is 185. The average Bonchev–Trinajstić information content (AvgIpc) is 2.01. The zero-order valence-electron chi connectivity index (χ0n) is 8.05. The van der Waals surface area contributed by atoms with Crippen LogP contribution in [0.3, 0.4) is 0 Å². The van der Waals surface area contributed by atoms with Crippen LogP contribution < -0.4 is 0 Å². The maximum Gasteiger partial charge on any atom is 0.324 e. The molecule has 2 nitrogen and oxygen atoms in total. The summed E-state index contributed by atoms with van der Waals surface area (Å²) in [5.41, 5.74) is 0. The summed E-state index contributed by atoms with van der Waals surface area (Å²) < 4.78 is 0. The first-order valence-corrected chi connectivity index (χ1v) is 5.38. The second-order valence-corrected chi connectivity index (χ2v) is 4.76. The molecule has 0 aromatic heterocycles. The highest BCUT2D eigenvalue weighted by Gasteiger charge is 2.48. The molecule has 0 aromatic rings. The van der Waals surface area contributed by atoms with Gasteiger partial charge in [0.25, 0.3) is 0 Å². The first-order chi connectivity index (χ1) is 6.08. The van der Waals surface area contributed by atoms with E-state index in [1.807, 2.05) is 0 Å². The SMILES string of the molecule is CCCCCC1CC(Cl)(C(=O)O)C1. The molecule has 0 saturated heterocycles. The third-order valence-corrected chi connectivity index (χ3v) is 3.29. The maximum atomic E-state index is 10.6. The largest absolute Gasteiger partial charge is 0.480 e. The third kappa shape index (κ3) is 2.60. The molecule has 1 saturated carbocycles. The monoisotopic (exact) mass is 204 g/mol. The first kappa shape index (κ1) is 10.8. The lowest BCUT2D eigenvalue weighted by atomic mass is 9.72. The fraction of sp³-hybridized carbons (Fsp3) is 0.900. The van der Waals surface area contributed by atoms with E-state index in [9.17, 15) is 4.79 Å². The first-order valence-electron chi connectivity index (χ1n) is 5.01. The molecule has 1 aliphatic rings. The molecule has 1 N–H and O–H groups in total. The molecule has 76 valence electrons. The highest BCUT2D eigenvalue weighted by molar-refractivity contribution is 6.34. The molecule has 0 aliphatic heterocycles. The zero-order valence-corrected chi connectivity index (χ0v) is 8.81. The van der Waals surface area contributed by atoms with Gasteiger partial charge in [0.1, 0.15) is 4.87 Å². The van der Waals surface area contributed by atoms with Crippen molar-refractivity contribution in [2.75, 3.05) is 0 Å². The van der Waals surface area contributed by atoms with Gasteiger partial charge in [-0.05, 0) is 18.8 Å². The Kier molecular flexibility index (Phi) is 3.60. The Balaban J connectivity index is 2.14. The highest BCUT2D eigenvalue weighted by atomic mass is 35.5. The highest BCUT2D eigenvalue weighted by Crippen LogP contribution is 2.45. The van der Waals surface area contributed by atoms with Crippen molar-refractivity contribution in [1.82, 2.24) is 0 Å². The van der Waals surface area contributed by atoms with Gasteiger partial charge in [-0.3, -0.25) is 4.79 Å². The van der Waals surface area contributed by atoms with Crippen LogP contribution in [0.5, 0.6) is 0 Å². The normalized spacial score (nSPS) is 32.6. The number of carbonyl (C=O) groups is 1. The van der Waals surface area contributed by atoms with Crippen LogP contribution >= 0.6 is 11.6 Å². The minimum atomic E-state index is -0.920. The summed E-state index contributed by atoms with van der Waals surface area (Å²) in [7, 11) is 0. The van der Waals surface area contributed by atoms with Gasteiger partial charge in [0.05, 0.1) is 0 Å². The zero-order chi connectivity index (χ0) is 9.90. The topological polar surface area (TPSA) is 37.3 Å². The number of aliphatic carboxylic acids is 1. The number of hydrogen-bond donors (Lipinski definition) is 1. The Labute approximate surface area is 84.3 Å². The van der Waals surface area contributed by atoms with Crippen LogP contribution in [0.4, 0.5) is 0 Å². The molecule has 13 heavy (non-hydrogen) atoms. The van der Waals surface area contributed by atoms with Gasteiger partial charge in [0.15, 0.2) is 0 Å². The van der Waals surface area contributed by atoms with E-state index < -0.39 is 10.8 Å². The fourth-order valence-electron chi connectivity index (χ4n) is 1.92. The van der Waals surface area contributed by atoms with Gasteiger partial charge in [-0.1, -0.05) is 32.6 Å². The fourth-order valence-corrected chi connectivity index (χ4v) is 2.35. The molecule has 0 unspecified atom stereocenters. The van der Waals surface area contributed by atoms with E-state index in [-0.39, 0.29) is 0 Å². The van der Waals surface area contributed by atoms with Gasteiger partial charge >= 0.3 is 5.97 Å². The number of carboxylic acid groups (broad SMARTS) is 1. The van der Waals surface area contributed by atoms with Crippen molar-refractivity contribution in [2.45, 2.75) is 50.3 Å². The van der Waals surface area contributed by atoms with Crippen molar-refractivity contribution in [3.8, 4) is 0 Å². The van der Waals surface area contributed by atoms with E-state index in [0.717, 1.165) is 6.42 Å². The van der Waals surface area contributed by atoms with Gasteiger partial charge in [-0.15, -0.1) is 11.6 Å². The number of rotatable bonds is 5. The number of carboxylic acids is 1. The number of alkyl halides is 1. The van der Waals surface area contributed by atoms with Crippen LogP contribution in [0.1, 0.15) is 45.4 Å². The average molecular weight is 205 g/mol. The Morgan fingerprint density at radius 2 is 2.15 bits per heavy atom. The number of unbranched alkanes of at least 4 members (excludes halogenated alkanes) is 2. The van der Waals surface area contributed by atoms with E-state index in [2.05, 4.69) is 6.92 Å². The summed E-state index contributed by atoms with van der Waals surface area (Å²) in [6.45, 7) is 2.17. The quantitative estimate of drug-likeness (QED) is 0.552. The number of hydrogen-bond acceptors (Lipinski definition) is 1. The van der Waals surface area contributed by atoms with E-state index >= 15 is 0 Å². The van der Waals surface area contributed by atoms with E-state index in [0.29, 0.717) is 18.8 Å². The molecule has 0 atom stereocenters. The summed E-state index contributed by atoms with van der Waals surface area (Å²) in [4.78, 5) is 9.73. The van der Waals surface area contributed by atoms with Crippen LogP contribution in [0.2, 0.25) is 0 Å². The lowest BCUT2D eigenvalue weighted by Crippen LogP contribution is -2.45. The molecule has 1 fully saturated rings. The van der Waals surface area contributed by atoms with Crippen molar-refractivity contribution in [3.05, 3.63) is 0 Å². The molecule has 1 aliphatic carbocycles. The van der Waals surface area contributed by atoms with Gasteiger partial charge in [-0.25, -0.2) is 0 Å². The Morgan fingerprint density at radius 3 is 2.62 bits per heavy atom. The maximum absolute atomic E-state index is 10.6. The summed E-state index contributed by atoms with van der Waals surface area (Å²) >= 11 is 5.85. The van der Waals surface area contributed by atoms with Gasteiger partial charge < -0.3 is 5.11 Å². The minimum absolute atomic E-state index is 0.556. The molecule has 0 radical (unpaired) electrons. The molecular formula is C10H17ClO2. The summed E-state index contributed by atoms with van der Waals surface area (Å²) in [6.07, 6.45) is 6.15. The van der Waals surface area contributed by atoms with E-state index in [4.69, 9.17) is 16.7 Å². The van der Waals surface area contributed by atoms with Crippen molar-refractivity contribution in [1.29, 1.82) is 0 Å². The van der Waals surface area contributed by atoms with Gasteiger partial charge in [0, 0.05) is 0 Å². The summed E-state index contributed by atoms with van der Waals surface area (Å²) in [5, 5.41) is 8.75. The van der Waals surface area contributed by atoms with E-state index in [1.165, 1.54) is 19.3 Å². The molecule has 3 heteroatoms. The van der Waals surface area contributed by atoms with Gasteiger partial charge in [-0.2, -0.15) is 0 Å². The van der Waals surface area contributed by atoms with E-state index in [1.54, 1.807) is 0 Å². The standard InChI is InChI=1S/C10H17ClO2/c1-2-3-4-5-8-6-10(11,7-8)9(12)13/h8H,2-7H2,1H3,(H,12,13). The second-order valence-electron chi connectivity index (χ2n) is 4.04. The predicted molar refractivity (Wildman–Crippen MR) is 53.1 cm³/mol. The minimum Gasteiger partial charge on any atom is -0.480 e. The van der Waals surface area contributed by atoms with Crippen molar-refractivity contribution < 1.29 is 9.90 Å². The molecule has 0 heterocycles. The van der Waals surface area contributed by atoms with Crippen LogP contribution in [0.15, 0.2) is 0 Å². The van der Waals surface area contributed by atoms with Crippen LogP contribution in [0.25, 0.3) is 0 Å². The lowest BCUT2D eigenvalue weighted by molar-refractivity contribution is -0.144. The van der Waals surface area contributed by atoms with Crippen molar-refractivity contribution >= 4 is 17.6 Å². The van der Waals surface area contributed by atoms with Crippen LogP contribution in [0, 0.1) is 5.92 Å². The summed E-state index contributed by atoms with van der Waals surface area (Å²) in [5.74, 6) is -0.291. The van der Waals surface area contributed by atoms with Gasteiger partial charge in [0.2, 0.25) is 0 Å². The molecule has 1 rings (SSSR count).